The molecule has 466 valence electrons. The van der Waals surface area contributed by atoms with Crippen LogP contribution in [0.4, 0.5) is 0 Å². The predicted octanol–water partition coefficient (Wildman–Crippen LogP) is 23.1. The van der Waals surface area contributed by atoms with Gasteiger partial charge in [0.15, 0.2) is 10.6 Å². The molecule has 1 fully saturated rings. The van der Waals surface area contributed by atoms with E-state index in [0.29, 0.717) is 4.73 Å². The number of nitrogens with zero attached hydrogens (tertiary/aromatic N) is 6. The first-order chi connectivity index (χ1) is 48.0. The molecule has 21 rings (SSSR count). The van der Waals surface area contributed by atoms with E-state index in [0.717, 1.165) is 59.8 Å². The van der Waals surface area contributed by atoms with Gasteiger partial charge in [-0.15, -0.1) is 22.7 Å². The van der Waals surface area contributed by atoms with Gasteiger partial charge in [-0.05, 0) is 132 Å². The zero-order valence-corrected chi connectivity index (χ0v) is 57.0. The number of thiophene rings is 2. The Morgan fingerprint density at radius 2 is 0.694 bits per heavy atom. The fourth-order valence-corrected chi connectivity index (χ4v) is 17.4. The highest BCUT2D eigenvalue weighted by molar-refractivity contribution is 9.10. The van der Waals surface area contributed by atoms with Crippen molar-refractivity contribution in [2.45, 2.75) is 38.9 Å². The van der Waals surface area contributed by atoms with E-state index < -0.39 is 7.12 Å². The van der Waals surface area contributed by atoms with Crippen molar-refractivity contribution in [3.63, 3.8) is 0 Å². The summed E-state index contributed by atoms with van der Waals surface area (Å²) in [4.78, 5) is 19.8. The normalized spacial score (nSPS) is 13.8. The Kier molecular flexibility index (Phi) is 13.6. The fraction of sp³-hybridized carbons (Fsp3) is 0.0698. The Morgan fingerprint density at radius 1 is 0.327 bits per heavy atom. The lowest BCUT2D eigenvalue weighted by atomic mass is 9.77. The van der Waals surface area contributed by atoms with Crippen LogP contribution in [-0.2, 0) is 9.31 Å². The Morgan fingerprint density at radius 3 is 1.18 bits per heavy atom. The summed E-state index contributed by atoms with van der Waals surface area (Å²) in [6.07, 6.45) is 0. The molecule has 0 amide bonds. The monoisotopic (exact) mass is 1360 g/mol. The van der Waals surface area contributed by atoms with E-state index in [1.807, 2.05) is 24.3 Å². The van der Waals surface area contributed by atoms with Crippen molar-refractivity contribution in [2.75, 3.05) is 0 Å². The molecular formula is C86H58BBrN6O2S2. The van der Waals surface area contributed by atoms with Crippen LogP contribution in [0.25, 0.3) is 173 Å². The number of hydrogen-bond donors (Lipinski definition) is 0. The van der Waals surface area contributed by atoms with Gasteiger partial charge in [-0.25, -0.2) is 19.9 Å². The second-order valence-electron chi connectivity index (χ2n) is 26.4. The van der Waals surface area contributed by atoms with Crippen LogP contribution in [0.3, 0.4) is 0 Å². The van der Waals surface area contributed by atoms with Crippen LogP contribution >= 0.6 is 38.6 Å². The van der Waals surface area contributed by atoms with E-state index in [-0.39, 0.29) is 11.2 Å². The van der Waals surface area contributed by atoms with Gasteiger partial charge in [0, 0.05) is 80.0 Å². The maximum atomic E-state index is 6.46. The standard InChI is InChI=1S/C40H23N3S.C30H26BNO2.C16H9BrN2S/c1-3-11-24(12-4-1)26-19-20-34-30(21-26)32-23-27(22-31-28-15-7-9-17-33(28)43(34)38(31)32)40-41-36(25-13-5-2-6-14-25)39-37(42-40)29-16-8-10-18-35(29)44-39;1-29(2)30(3,4)34-31(33-29)21-17-24-22-12-8-9-13-26(22)32-27-15-14-20(19-10-6-5-7-11-19)16-23(27)25(18-21)28(24)32;17-16-18-13(10-6-2-1-3-7-10)15-14(19-16)11-8-4-5-9-12(11)20-15/h1-23H;5-18H,1-4H3;1-9H. The molecule has 0 aliphatic carbocycles. The van der Waals surface area contributed by atoms with Crippen LogP contribution in [0.15, 0.2) is 284 Å². The van der Waals surface area contributed by atoms with Crippen molar-refractivity contribution in [3.05, 3.63) is 284 Å². The number of fused-ring (bicyclic) bond motifs is 18. The Balaban J connectivity index is 0.000000110. The third-order valence-electron chi connectivity index (χ3n) is 20.1. The summed E-state index contributed by atoms with van der Waals surface area (Å²) in [7, 11) is -0.394. The van der Waals surface area contributed by atoms with Crippen LogP contribution < -0.4 is 5.46 Å². The number of aromatic nitrogens is 6. The van der Waals surface area contributed by atoms with Crippen molar-refractivity contribution in [1.82, 2.24) is 28.7 Å². The first-order valence-electron chi connectivity index (χ1n) is 33.0. The van der Waals surface area contributed by atoms with Gasteiger partial charge in [0.1, 0.15) is 0 Å². The van der Waals surface area contributed by atoms with Crippen LogP contribution in [0, 0.1) is 0 Å². The molecule has 9 heterocycles. The summed E-state index contributed by atoms with van der Waals surface area (Å²) in [6.45, 7) is 8.44. The molecule has 0 radical (unpaired) electrons. The van der Waals surface area contributed by atoms with Gasteiger partial charge in [-0.2, -0.15) is 0 Å². The van der Waals surface area contributed by atoms with Crippen molar-refractivity contribution >= 4 is 168 Å². The summed E-state index contributed by atoms with van der Waals surface area (Å²) in [6, 6.07) is 99.1. The van der Waals surface area contributed by atoms with E-state index in [2.05, 4.69) is 317 Å². The highest BCUT2D eigenvalue weighted by Crippen LogP contribution is 2.47. The van der Waals surface area contributed by atoms with Crippen LogP contribution in [0.2, 0.25) is 0 Å². The molecule has 1 aliphatic rings. The van der Waals surface area contributed by atoms with E-state index in [1.54, 1.807) is 22.7 Å². The highest BCUT2D eigenvalue weighted by atomic mass is 79.9. The molecule has 0 unspecified atom stereocenters. The molecular weight excluding hydrogens is 1300 g/mol. The van der Waals surface area contributed by atoms with Gasteiger partial charge in [0.2, 0.25) is 0 Å². The average Bonchev–Trinajstić information content (AvgIpc) is 1.54. The number of benzene rings is 12. The maximum Gasteiger partial charge on any atom is 0.494 e. The van der Waals surface area contributed by atoms with Crippen LogP contribution in [-0.4, -0.2) is 47.1 Å². The molecule has 8 aromatic heterocycles. The number of halogens is 1. The fourth-order valence-electron chi connectivity index (χ4n) is 14.8. The van der Waals surface area contributed by atoms with Crippen LogP contribution in [0.1, 0.15) is 27.7 Å². The lowest BCUT2D eigenvalue weighted by Crippen LogP contribution is -2.41. The average molecular weight is 1360 g/mol. The first kappa shape index (κ1) is 58.6. The van der Waals surface area contributed by atoms with Gasteiger partial charge in [-0.3, -0.25) is 0 Å². The molecule has 0 spiro atoms. The minimum absolute atomic E-state index is 0.376. The van der Waals surface area contributed by atoms with Gasteiger partial charge in [-0.1, -0.05) is 218 Å². The van der Waals surface area contributed by atoms with Crippen molar-refractivity contribution in [2.24, 2.45) is 0 Å². The highest BCUT2D eigenvalue weighted by Gasteiger charge is 2.52. The van der Waals surface area contributed by atoms with Gasteiger partial charge in [0.05, 0.1) is 76.1 Å². The van der Waals surface area contributed by atoms with Crippen LogP contribution in [0.5, 0.6) is 0 Å². The lowest BCUT2D eigenvalue weighted by molar-refractivity contribution is 0.00578. The molecule has 0 bridgehead atoms. The molecule has 98 heavy (non-hydrogen) atoms. The predicted molar refractivity (Wildman–Crippen MR) is 416 cm³/mol. The number of rotatable bonds is 6. The molecule has 0 saturated carbocycles. The maximum absolute atomic E-state index is 6.46. The minimum atomic E-state index is -0.394. The van der Waals surface area contributed by atoms with Gasteiger partial charge in [0.25, 0.3) is 0 Å². The van der Waals surface area contributed by atoms with Crippen molar-refractivity contribution < 1.29 is 9.31 Å². The van der Waals surface area contributed by atoms with E-state index in [1.165, 1.54) is 119 Å². The zero-order valence-electron chi connectivity index (χ0n) is 53.8. The second-order valence-corrected chi connectivity index (χ2v) is 29.2. The Bertz CT molecular complexity index is 6510. The smallest absolute Gasteiger partial charge is 0.399 e. The molecule has 12 aromatic carbocycles. The first-order valence-corrected chi connectivity index (χ1v) is 35.5. The molecule has 1 aliphatic heterocycles. The minimum Gasteiger partial charge on any atom is -0.399 e. The van der Waals surface area contributed by atoms with E-state index in [9.17, 15) is 0 Å². The molecule has 0 atom stereocenters. The summed E-state index contributed by atoms with van der Waals surface area (Å²) < 4.78 is 23.1. The quantitative estimate of drug-likeness (QED) is 0.122. The molecule has 20 aromatic rings. The Labute approximate surface area is 580 Å². The third kappa shape index (κ3) is 9.37. The third-order valence-corrected chi connectivity index (χ3v) is 22.8. The SMILES string of the molecule is Brc1nc(-c2ccccc2)c2sc3ccccc3c2n1.CC1(C)OB(c2cc3c4ccccc4n4c5ccc(-c6ccccc6)cc5c(c2)c34)OC1(C)C.c1ccc(-c2ccc3c(c2)c2cc(-c4nc(-c5ccccc5)c5sc6ccccc6c5n4)cc4c5ccccc5n3c42)cc1. The van der Waals surface area contributed by atoms with Gasteiger partial charge >= 0.3 is 7.12 Å². The summed E-state index contributed by atoms with van der Waals surface area (Å²) in [5, 5.41) is 12.3. The number of hydrogen-bond acceptors (Lipinski definition) is 8. The van der Waals surface area contributed by atoms with E-state index in [4.69, 9.17) is 19.3 Å². The second kappa shape index (κ2) is 22.7. The largest absolute Gasteiger partial charge is 0.494 e. The lowest BCUT2D eigenvalue weighted by Gasteiger charge is -2.32. The van der Waals surface area contributed by atoms with Crippen molar-refractivity contribution in [3.8, 4) is 56.2 Å². The summed E-state index contributed by atoms with van der Waals surface area (Å²) in [5.74, 6) is 0.752. The molecule has 0 N–H and O–H groups in total. The van der Waals surface area contributed by atoms with E-state index >= 15 is 0 Å². The van der Waals surface area contributed by atoms with Crippen molar-refractivity contribution in [1.29, 1.82) is 0 Å². The van der Waals surface area contributed by atoms with Gasteiger partial charge < -0.3 is 18.1 Å². The summed E-state index contributed by atoms with van der Waals surface area (Å²) >= 11 is 6.95. The molecule has 12 heteroatoms. The summed E-state index contributed by atoms with van der Waals surface area (Å²) in [5.41, 5.74) is 19.9. The topological polar surface area (TPSA) is 78.8 Å². The molecule has 1 saturated heterocycles. The number of para-hydroxylation sites is 2. The molecule has 8 nitrogen and oxygen atoms in total. The Hall–Kier alpha value is -10.7. The zero-order chi connectivity index (χ0) is 65.5.